The van der Waals surface area contributed by atoms with E-state index in [1.807, 2.05) is 54.6 Å². The van der Waals surface area contributed by atoms with Gasteiger partial charge in [-0.15, -0.1) is 0 Å². The first-order valence-corrected chi connectivity index (χ1v) is 9.46. The van der Waals surface area contributed by atoms with Crippen LogP contribution in [0.2, 0.25) is 5.02 Å². The standard InChI is InChI=1S/C23H16ClN5O/c1-30-18-11-9-17(10-12-18)27-22-19(14-25)21(15-5-7-16(24)8-6-15)28-23(29-22)20-4-2-3-13-26-20/h2-13H,1H3,(H,27,28,29). The van der Waals surface area contributed by atoms with Crippen LogP contribution in [0.15, 0.2) is 72.9 Å². The van der Waals surface area contributed by atoms with Gasteiger partial charge < -0.3 is 10.1 Å². The van der Waals surface area contributed by atoms with Gasteiger partial charge in [-0.3, -0.25) is 4.98 Å². The molecule has 2 aromatic heterocycles. The van der Waals surface area contributed by atoms with E-state index in [0.717, 1.165) is 17.0 Å². The maximum atomic E-state index is 9.91. The van der Waals surface area contributed by atoms with E-state index in [9.17, 15) is 5.26 Å². The zero-order chi connectivity index (χ0) is 20.9. The predicted octanol–water partition coefficient (Wildman–Crippen LogP) is 5.48. The lowest BCUT2D eigenvalue weighted by molar-refractivity contribution is 0.415. The summed E-state index contributed by atoms with van der Waals surface area (Å²) in [6.07, 6.45) is 1.68. The monoisotopic (exact) mass is 413 g/mol. The quantitative estimate of drug-likeness (QED) is 0.466. The number of nitrogens with zero attached hydrogens (tertiary/aromatic N) is 4. The Kier molecular flexibility index (Phi) is 5.55. The van der Waals surface area contributed by atoms with Gasteiger partial charge >= 0.3 is 0 Å². The molecule has 2 aromatic carbocycles. The van der Waals surface area contributed by atoms with Gasteiger partial charge in [-0.25, -0.2) is 9.97 Å². The first-order chi connectivity index (χ1) is 14.7. The minimum atomic E-state index is 0.327. The Morgan fingerprint density at radius 3 is 2.37 bits per heavy atom. The van der Waals surface area contributed by atoms with E-state index in [1.54, 1.807) is 25.4 Å². The van der Waals surface area contributed by atoms with E-state index in [1.165, 1.54) is 0 Å². The average molecular weight is 414 g/mol. The second-order valence-electron chi connectivity index (χ2n) is 6.31. The Balaban J connectivity index is 1.87. The van der Waals surface area contributed by atoms with Gasteiger partial charge in [-0.1, -0.05) is 29.8 Å². The molecule has 0 amide bonds. The van der Waals surface area contributed by atoms with Crippen molar-refractivity contribution < 1.29 is 4.74 Å². The van der Waals surface area contributed by atoms with Gasteiger partial charge in [-0.05, 0) is 48.5 Å². The number of methoxy groups -OCH3 is 1. The van der Waals surface area contributed by atoms with E-state index >= 15 is 0 Å². The van der Waals surface area contributed by atoms with Crippen LogP contribution < -0.4 is 10.1 Å². The van der Waals surface area contributed by atoms with Crippen molar-refractivity contribution in [2.24, 2.45) is 0 Å². The molecule has 2 heterocycles. The van der Waals surface area contributed by atoms with Gasteiger partial charge in [0.05, 0.1) is 12.8 Å². The molecule has 0 aliphatic rings. The summed E-state index contributed by atoms with van der Waals surface area (Å²) >= 11 is 6.03. The summed E-state index contributed by atoms with van der Waals surface area (Å²) in [5.41, 5.74) is 2.96. The lowest BCUT2D eigenvalue weighted by Gasteiger charge is -2.13. The van der Waals surface area contributed by atoms with E-state index in [0.29, 0.717) is 33.6 Å². The van der Waals surface area contributed by atoms with Crippen LogP contribution in [0.1, 0.15) is 5.56 Å². The van der Waals surface area contributed by atoms with Crippen LogP contribution in [-0.4, -0.2) is 22.1 Å². The molecule has 0 radical (unpaired) electrons. The summed E-state index contributed by atoms with van der Waals surface area (Å²) in [6, 6.07) is 22.3. The summed E-state index contributed by atoms with van der Waals surface area (Å²) in [4.78, 5) is 13.6. The third kappa shape index (κ3) is 4.07. The summed E-state index contributed by atoms with van der Waals surface area (Å²) in [6.45, 7) is 0. The van der Waals surface area contributed by atoms with E-state index in [-0.39, 0.29) is 0 Å². The van der Waals surface area contributed by atoms with E-state index in [2.05, 4.69) is 26.3 Å². The number of halogens is 1. The Hall–Kier alpha value is -3.95. The van der Waals surface area contributed by atoms with Crippen LogP contribution in [0, 0.1) is 11.3 Å². The molecule has 6 nitrogen and oxygen atoms in total. The van der Waals surface area contributed by atoms with Crippen molar-refractivity contribution in [3.63, 3.8) is 0 Å². The minimum absolute atomic E-state index is 0.327. The highest BCUT2D eigenvalue weighted by Gasteiger charge is 2.18. The van der Waals surface area contributed by atoms with E-state index < -0.39 is 0 Å². The average Bonchev–Trinajstić information content (AvgIpc) is 2.80. The molecule has 0 unspecified atom stereocenters. The van der Waals surface area contributed by atoms with Crippen LogP contribution >= 0.6 is 11.6 Å². The number of nitriles is 1. The maximum Gasteiger partial charge on any atom is 0.180 e. The number of benzene rings is 2. The number of nitrogens with one attached hydrogen (secondary N) is 1. The Morgan fingerprint density at radius 2 is 1.73 bits per heavy atom. The Bertz CT molecular complexity index is 1200. The lowest BCUT2D eigenvalue weighted by Crippen LogP contribution is -2.04. The summed E-state index contributed by atoms with van der Waals surface area (Å²) < 4.78 is 5.20. The molecular formula is C23H16ClN5O. The first-order valence-electron chi connectivity index (χ1n) is 9.08. The molecule has 30 heavy (non-hydrogen) atoms. The molecule has 4 rings (SSSR count). The smallest absolute Gasteiger partial charge is 0.180 e. The highest BCUT2D eigenvalue weighted by molar-refractivity contribution is 6.30. The Labute approximate surface area is 178 Å². The molecule has 0 saturated heterocycles. The molecule has 1 N–H and O–H groups in total. The molecule has 0 saturated carbocycles. The fourth-order valence-electron chi connectivity index (χ4n) is 2.89. The van der Waals surface area contributed by atoms with Crippen molar-refractivity contribution >= 4 is 23.1 Å². The topological polar surface area (TPSA) is 83.7 Å². The molecule has 0 bridgehead atoms. The predicted molar refractivity (Wildman–Crippen MR) is 117 cm³/mol. The largest absolute Gasteiger partial charge is 0.497 e. The molecule has 0 fully saturated rings. The second kappa shape index (κ2) is 8.60. The third-order valence-electron chi connectivity index (χ3n) is 4.39. The molecule has 7 heteroatoms. The van der Waals surface area contributed by atoms with Crippen LogP contribution in [-0.2, 0) is 0 Å². The van der Waals surface area contributed by atoms with Gasteiger partial charge in [0.15, 0.2) is 11.6 Å². The molecule has 0 aliphatic heterocycles. The second-order valence-corrected chi connectivity index (χ2v) is 6.74. The molecule has 0 aliphatic carbocycles. The molecule has 0 atom stereocenters. The number of hydrogen-bond acceptors (Lipinski definition) is 6. The van der Waals surface area contributed by atoms with E-state index in [4.69, 9.17) is 16.3 Å². The summed E-state index contributed by atoms with van der Waals surface area (Å²) in [7, 11) is 1.61. The normalized spacial score (nSPS) is 10.3. The number of ether oxygens (including phenoxy) is 1. The van der Waals surface area contributed by atoms with Gasteiger partial charge in [0.2, 0.25) is 0 Å². The molecular weight excluding hydrogens is 398 g/mol. The SMILES string of the molecule is COc1ccc(Nc2nc(-c3ccccn3)nc(-c3ccc(Cl)cc3)c2C#N)cc1. The van der Waals surface area contributed by atoms with Gasteiger partial charge in [0, 0.05) is 22.5 Å². The third-order valence-corrected chi connectivity index (χ3v) is 4.64. The molecule has 0 spiro atoms. The van der Waals surface area contributed by atoms with Crippen molar-refractivity contribution in [3.05, 3.63) is 83.5 Å². The molecule has 146 valence electrons. The first kappa shape index (κ1) is 19.4. The maximum absolute atomic E-state index is 9.91. The van der Waals surface area contributed by atoms with Crippen molar-refractivity contribution in [2.75, 3.05) is 12.4 Å². The van der Waals surface area contributed by atoms with Gasteiger partial charge in [0.25, 0.3) is 0 Å². The van der Waals surface area contributed by atoms with Crippen molar-refractivity contribution in [1.82, 2.24) is 15.0 Å². The Morgan fingerprint density at radius 1 is 0.967 bits per heavy atom. The van der Waals surface area contributed by atoms with Gasteiger partial charge in [0.1, 0.15) is 23.1 Å². The summed E-state index contributed by atoms with van der Waals surface area (Å²) in [5.74, 6) is 1.54. The molecule has 4 aromatic rings. The number of pyridine rings is 1. The van der Waals surface area contributed by atoms with Crippen LogP contribution in [0.25, 0.3) is 22.8 Å². The zero-order valence-electron chi connectivity index (χ0n) is 16.0. The van der Waals surface area contributed by atoms with Crippen molar-refractivity contribution in [1.29, 1.82) is 5.26 Å². The summed E-state index contributed by atoms with van der Waals surface area (Å²) in [5, 5.41) is 13.7. The fourth-order valence-corrected chi connectivity index (χ4v) is 3.02. The highest BCUT2D eigenvalue weighted by Crippen LogP contribution is 2.31. The van der Waals surface area contributed by atoms with Crippen LogP contribution in [0.4, 0.5) is 11.5 Å². The van der Waals surface area contributed by atoms with Gasteiger partial charge in [-0.2, -0.15) is 5.26 Å². The van der Waals surface area contributed by atoms with Crippen LogP contribution in [0.3, 0.4) is 0 Å². The number of hydrogen-bond donors (Lipinski definition) is 1. The fraction of sp³-hybridized carbons (Fsp3) is 0.0435. The minimum Gasteiger partial charge on any atom is -0.497 e. The zero-order valence-corrected chi connectivity index (χ0v) is 16.8. The van der Waals surface area contributed by atoms with Crippen LogP contribution in [0.5, 0.6) is 5.75 Å². The number of anilines is 2. The number of rotatable bonds is 5. The highest BCUT2D eigenvalue weighted by atomic mass is 35.5. The number of aromatic nitrogens is 3. The van der Waals surface area contributed by atoms with Crippen molar-refractivity contribution in [3.8, 4) is 34.6 Å². The lowest BCUT2D eigenvalue weighted by atomic mass is 10.1. The van der Waals surface area contributed by atoms with Crippen molar-refractivity contribution in [2.45, 2.75) is 0 Å².